The van der Waals surface area contributed by atoms with Crippen LogP contribution in [0.25, 0.3) is 0 Å². The highest BCUT2D eigenvalue weighted by molar-refractivity contribution is 7.92. The van der Waals surface area contributed by atoms with Gasteiger partial charge in [0.05, 0.1) is 11.9 Å². The second-order valence-corrected chi connectivity index (χ2v) is 6.96. The Hall–Kier alpha value is -1.56. The van der Waals surface area contributed by atoms with Crippen LogP contribution in [0.4, 0.5) is 5.69 Å². The van der Waals surface area contributed by atoms with E-state index < -0.39 is 16.1 Å². The Balaban J connectivity index is 2.31. The fourth-order valence-electron chi connectivity index (χ4n) is 2.16. The second kappa shape index (κ2) is 5.83. The standard InChI is InChI=1S/C14H20N2O3S/c1-3-13(14(17)15-11-9-10-11)16(20(2,18)19)12-7-5-4-6-8-12/h4-8,11,13H,3,9-10H2,1-2H3,(H,15,17)/t13-/m1/s1. The SMILES string of the molecule is CC[C@H](C(=O)NC1CC1)N(c1ccccc1)S(C)(=O)=O. The van der Waals surface area contributed by atoms with Gasteiger partial charge in [0.2, 0.25) is 15.9 Å². The molecule has 1 amide bonds. The Morgan fingerprint density at radius 3 is 2.40 bits per heavy atom. The van der Waals surface area contributed by atoms with Gasteiger partial charge in [-0.25, -0.2) is 8.42 Å². The van der Waals surface area contributed by atoms with Crippen LogP contribution in [-0.4, -0.2) is 32.7 Å². The number of nitrogens with one attached hydrogen (secondary N) is 1. The van der Waals surface area contributed by atoms with Crippen molar-refractivity contribution in [3.8, 4) is 0 Å². The van der Waals surface area contributed by atoms with E-state index in [1.807, 2.05) is 13.0 Å². The Labute approximate surface area is 120 Å². The monoisotopic (exact) mass is 296 g/mol. The van der Waals surface area contributed by atoms with Crippen LogP contribution in [0.3, 0.4) is 0 Å². The van der Waals surface area contributed by atoms with Crippen molar-refractivity contribution >= 4 is 21.6 Å². The second-order valence-electron chi connectivity index (χ2n) is 5.10. The number of nitrogens with zero attached hydrogens (tertiary/aromatic N) is 1. The van der Waals surface area contributed by atoms with Gasteiger partial charge in [0.25, 0.3) is 0 Å². The fraction of sp³-hybridized carbons (Fsp3) is 0.500. The molecular formula is C14H20N2O3S. The van der Waals surface area contributed by atoms with E-state index >= 15 is 0 Å². The molecule has 1 aliphatic rings. The first-order valence-electron chi connectivity index (χ1n) is 6.78. The summed E-state index contributed by atoms with van der Waals surface area (Å²) in [6.45, 7) is 1.82. The summed E-state index contributed by atoms with van der Waals surface area (Å²) >= 11 is 0. The van der Waals surface area contributed by atoms with E-state index in [2.05, 4.69) is 5.32 Å². The summed E-state index contributed by atoms with van der Waals surface area (Å²) in [5, 5.41) is 2.88. The van der Waals surface area contributed by atoms with Gasteiger partial charge in [0.15, 0.2) is 0 Å². The molecule has 0 unspecified atom stereocenters. The number of hydrogen-bond acceptors (Lipinski definition) is 3. The summed E-state index contributed by atoms with van der Waals surface area (Å²) < 4.78 is 25.4. The van der Waals surface area contributed by atoms with Crippen LogP contribution in [0.2, 0.25) is 0 Å². The highest BCUT2D eigenvalue weighted by Crippen LogP contribution is 2.24. The summed E-state index contributed by atoms with van der Waals surface area (Å²) in [6.07, 6.45) is 3.52. The molecule has 1 atom stereocenters. The molecule has 0 saturated heterocycles. The van der Waals surface area contributed by atoms with Crippen LogP contribution < -0.4 is 9.62 Å². The zero-order chi connectivity index (χ0) is 14.8. The average molecular weight is 296 g/mol. The van der Waals surface area contributed by atoms with E-state index in [1.54, 1.807) is 24.3 Å². The van der Waals surface area contributed by atoms with Crippen molar-refractivity contribution in [2.24, 2.45) is 0 Å². The maximum Gasteiger partial charge on any atom is 0.244 e. The summed E-state index contributed by atoms with van der Waals surface area (Å²) in [5.74, 6) is -0.218. The van der Waals surface area contributed by atoms with E-state index in [4.69, 9.17) is 0 Å². The van der Waals surface area contributed by atoms with Crippen molar-refractivity contribution in [1.82, 2.24) is 5.32 Å². The third-order valence-corrected chi connectivity index (χ3v) is 4.44. The summed E-state index contributed by atoms with van der Waals surface area (Å²) in [6, 6.07) is 8.26. The molecule has 2 rings (SSSR count). The largest absolute Gasteiger partial charge is 0.352 e. The maximum atomic E-state index is 12.3. The van der Waals surface area contributed by atoms with E-state index in [9.17, 15) is 13.2 Å². The minimum absolute atomic E-state index is 0.216. The number of carbonyl (C=O) groups excluding carboxylic acids is 1. The number of rotatable bonds is 6. The Morgan fingerprint density at radius 1 is 1.35 bits per heavy atom. The predicted octanol–water partition coefficient (Wildman–Crippen LogP) is 1.51. The lowest BCUT2D eigenvalue weighted by molar-refractivity contribution is -0.122. The van der Waals surface area contributed by atoms with Crippen molar-refractivity contribution in [3.05, 3.63) is 30.3 Å². The predicted molar refractivity (Wildman–Crippen MR) is 79.0 cm³/mol. The van der Waals surface area contributed by atoms with Crippen molar-refractivity contribution in [2.75, 3.05) is 10.6 Å². The van der Waals surface area contributed by atoms with Gasteiger partial charge in [0, 0.05) is 6.04 Å². The molecule has 0 aromatic heterocycles. The molecule has 1 fully saturated rings. The van der Waals surface area contributed by atoms with Gasteiger partial charge in [0.1, 0.15) is 6.04 Å². The summed E-state index contributed by atoms with van der Waals surface area (Å²) in [5.41, 5.74) is 0.521. The fourth-order valence-corrected chi connectivity index (χ4v) is 3.37. The summed E-state index contributed by atoms with van der Waals surface area (Å²) in [4.78, 5) is 12.3. The number of benzene rings is 1. The lowest BCUT2D eigenvalue weighted by atomic mass is 10.2. The molecule has 0 bridgehead atoms. The third kappa shape index (κ3) is 3.50. The number of carbonyl (C=O) groups is 1. The molecular weight excluding hydrogens is 276 g/mol. The van der Waals surface area contributed by atoms with E-state index in [1.165, 1.54) is 4.31 Å². The molecule has 5 nitrogen and oxygen atoms in total. The van der Waals surface area contributed by atoms with E-state index in [0.717, 1.165) is 19.1 Å². The van der Waals surface area contributed by atoms with Crippen molar-refractivity contribution in [3.63, 3.8) is 0 Å². The number of para-hydroxylation sites is 1. The first-order chi connectivity index (χ1) is 9.43. The van der Waals surface area contributed by atoms with Gasteiger partial charge in [-0.3, -0.25) is 9.10 Å². The molecule has 0 spiro atoms. The highest BCUT2D eigenvalue weighted by atomic mass is 32.2. The van der Waals surface area contributed by atoms with Crippen molar-refractivity contribution < 1.29 is 13.2 Å². The van der Waals surface area contributed by atoms with Crippen molar-refractivity contribution in [1.29, 1.82) is 0 Å². The average Bonchev–Trinajstić information content (AvgIpc) is 3.19. The lowest BCUT2D eigenvalue weighted by Crippen LogP contribution is -2.49. The molecule has 0 radical (unpaired) electrons. The topological polar surface area (TPSA) is 66.5 Å². The Bertz CT molecular complexity index is 567. The van der Waals surface area contributed by atoms with Crippen LogP contribution in [0.1, 0.15) is 26.2 Å². The van der Waals surface area contributed by atoms with Gasteiger partial charge in [-0.2, -0.15) is 0 Å². The quantitative estimate of drug-likeness (QED) is 0.865. The van der Waals surface area contributed by atoms with Gasteiger partial charge < -0.3 is 5.32 Å². The zero-order valence-electron chi connectivity index (χ0n) is 11.7. The van der Waals surface area contributed by atoms with E-state index in [0.29, 0.717) is 12.1 Å². The third-order valence-electron chi connectivity index (χ3n) is 3.26. The van der Waals surface area contributed by atoms with Crippen LogP contribution >= 0.6 is 0 Å². The summed E-state index contributed by atoms with van der Waals surface area (Å²) in [7, 11) is -3.52. The first kappa shape index (κ1) is 14.8. The molecule has 0 heterocycles. The highest BCUT2D eigenvalue weighted by Gasteiger charge is 2.34. The minimum atomic E-state index is -3.52. The molecule has 1 N–H and O–H groups in total. The number of sulfonamides is 1. The Kier molecular flexibility index (Phi) is 4.32. The molecule has 1 aliphatic carbocycles. The molecule has 20 heavy (non-hydrogen) atoms. The molecule has 110 valence electrons. The van der Waals surface area contributed by atoms with Crippen LogP contribution in [0.5, 0.6) is 0 Å². The van der Waals surface area contributed by atoms with Crippen molar-refractivity contribution in [2.45, 2.75) is 38.3 Å². The van der Waals surface area contributed by atoms with E-state index in [-0.39, 0.29) is 11.9 Å². The maximum absolute atomic E-state index is 12.3. The van der Waals surface area contributed by atoms with Crippen LogP contribution in [0, 0.1) is 0 Å². The van der Waals surface area contributed by atoms with Gasteiger partial charge in [-0.05, 0) is 31.4 Å². The normalized spacial score (nSPS) is 16.5. The minimum Gasteiger partial charge on any atom is -0.352 e. The van der Waals surface area contributed by atoms with Gasteiger partial charge in [-0.1, -0.05) is 25.1 Å². The lowest BCUT2D eigenvalue weighted by Gasteiger charge is -2.30. The van der Waals surface area contributed by atoms with Gasteiger partial charge >= 0.3 is 0 Å². The number of amides is 1. The first-order valence-corrected chi connectivity index (χ1v) is 8.63. The zero-order valence-corrected chi connectivity index (χ0v) is 12.6. The van der Waals surface area contributed by atoms with Crippen LogP contribution in [0.15, 0.2) is 30.3 Å². The Morgan fingerprint density at radius 2 is 1.95 bits per heavy atom. The number of hydrogen-bond donors (Lipinski definition) is 1. The molecule has 1 aromatic carbocycles. The molecule has 6 heteroatoms. The van der Waals surface area contributed by atoms with Gasteiger partial charge in [-0.15, -0.1) is 0 Å². The number of anilines is 1. The smallest absolute Gasteiger partial charge is 0.244 e. The van der Waals surface area contributed by atoms with Crippen LogP contribution in [-0.2, 0) is 14.8 Å². The molecule has 0 aliphatic heterocycles. The molecule has 1 saturated carbocycles. The molecule has 1 aromatic rings.